The van der Waals surface area contributed by atoms with Crippen LogP contribution < -0.4 is 10.6 Å². The number of rotatable bonds is 10. The first-order chi connectivity index (χ1) is 9.86. The third-order valence-electron chi connectivity index (χ3n) is 3.36. The molecule has 0 fully saturated rings. The summed E-state index contributed by atoms with van der Waals surface area (Å²) in [6, 6.07) is 0. The van der Waals surface area contributed by atoms with Gasteiger partial charge >= 0.3 is 0 Å². The molecule has 0 aliphatic rings. The average Bonchev–Trinajstić information content (AvgIpc) is 2.43. The molecule has 0 bridgehead atoms. The zero-order valence-electron chi connectivity index (χ0n) is 15.4. The van der Waals surface area contributed by atoms with Crippen molar-refractivity contribution in [2.24, 2.45) is 10.9 Å². The van der Waals surface area contributed by atoms with Crippen LogP contribution in [-0.4, -0.2) is 49.3 Å². The first kappa shape index (κ1) is 24.6. The topological polar surface area (TPSA) is 45.7 Å². The highest BCUT2D eigenvalue weighted by Gasteiger charge is 2.16. The first-order valence-electron chi connectivity index (χ1n) is 8.05. The van der Waals surface area contributed by atoms with Crippen LogP contribution in [0.15, 0.2) is 4.99 Å². The van der Waals surface area contributed by atoms with Gasteiger partial charge in [-0.2, -0.15) is 11.8 Å². The summed E-state index contributed by atoms with van der Waals surface area (Å²) >= 11 is 1.84. The summed E-state index contributed by atoms with van der Waals surface area (Å²) in [7, 11) is 0. The second-order valence-electron chi connectivity index (χ2n) is 6.11. The SMILES string of the molecule is CCNC(=NCC(C)(C)SC)NCCC(OCC)C(C)C.I. The molecule has 0 aromatic rings. The predicted molar refractivity (Wildman–Crippen MR) is 112 cm³/mol. The summed E-state index contributed by atoms with van der Waals surface area (Å²) in [6.45, 7) is 16.3. The van der Waals surface area contributed by atoms with Gasteiger partial charge in [0.2, 0.25) is 0 Å². The van der Waals surface area contributed by atoms with Crippen LogP contribution in [0.5, 0.6) is 0 Å². The number of ether oxygens (including phenoxy) is 1. The van der Waals surface area contributed by atoms with Gasteiger partial charge in [0.15, 0.2) is 5.96 Å². The van der Waals surface area contributed by atoms with E-state index in [2.05, 4.69) is 63.4 Å². The number of nitrogens with one attached hydrogen (secondary N) is 2. The lowest BCUT2D eigenvalue weighted by Gasteiger charge is -2.22. The van der Waals surface area contributed by atoms with Crippen LogP contribution in [0, 0.1) is 5.92 Å². The predicted octanol–water partition coefficient (Wildman–Crippen LogP) is 3.75. The molecule has 22 heavy (non-hydrogen) atoms. The molecular formula is C16H36IN3OS. The van der Waals surface area contributed by atoms with Crippen molar-refractivity contribution in [2.75, 3.05) is 32.5 Å². The molecule has 6 heteroatoms. The molecule has 0 rings (SSSR count). The van der Waals surface area contributed by atoms with E-state index < -0.39 is 0 Å². The Morgan fingerprint density at radius 2 is 1.86 bits per heavy atom. The molecule has 1 unspecified atom stereocenters. The van der Waals surface area contributed by atoms with E-state index in [9.17, 15) is 0 Å². The Morgan fingerprint density at radius 1 is 1.23 bits per heavy atom. The van der Waals surface area contributed by atoms with Crippen molar-refractivity contribution < 1.29 is 4.74 Å². The molecule has 0 aliphatic heterocycles. The molecular weight excluding hydrogens is 409 g/mol. The van der Waals surface area contributed by atoms with Crippen LogP contribution in [0.25, 0.3) is 0 Å². The van der Waals surface area contributed by atoms with E-state index in [1.165, 1.54) is 0 Å². The molecule has 0 amide bonds. The van der Waals surface area contributed by atoms with E-state index in [0.29, 0.717) is 12.0 Å². The Kier molecular flexibility index (Phi) is 15.3. The molecule has 0 spiro atoms. The molecule has 0 aromatic heterocycles. The van der Waals surface area contributed by atoms with Crippen LogP contribution in [0.1, 0.15) is 48.0 Å². The van der Waals surface area contributed by atoms with Crippen LogP contribution in [0.2, 0.25) is 0 Å². The zero-order chi connectivity index (χ0) is 16.3. The number of hydrogen-bond acceptors (Lipinski definition) is 3. The lowest BCUT2D eigenvalue weighted by Crippen LogP contribution is -2.40. The largest absolute Gasteiger partial charge is 0.378 e. The number of hydrogen-bond donors (Lipinski definition) is 2. The van der Waals surface area contributed by atoms with Crippen molar-refractivity contribution in [1.82, 2.24) is 10.6 Å². The second-order valence-corrected chi connectivity index (χ2v) is 7.63. The van der Waals surface area contributed by atoms with Crippen molar-refractivity contribution in [1.29, 1.82) is 0 Å². The monoisotopic (exact) mass is 445 g/mol. The van der Waals surface area contributed by atoms with Crippen LogP contribution in [0.4, 0.5) is 0 Å². The van der Waals surface area contributed by atoms with Gasteiger partial charge in [0.05, 0.1) is 12.6 Å². The summed E-state index contributed by atoms with van der Waals surface area (Å²) < 4.78 is 5.95. The molecule has 1 atom stereocenters. The van der Waals surface area contributed by atoms with Gasteiger partial charge in [-0.3, -0.25) is 4.99 Å². The van der Waals surface area contributed by atoms with Crippen molar-refractivity contribution >= 4 is 41.7 Å². The Labute approximate surface area is 159 Å². The van der Waals surface area contributed by atoms with Gasteiger partial charge < -0.3 is 15.4 Å². The zero-order valence-corrected chi connectivity index (χ0v) is 18.5. The third kappa shape index (κ3) is 11.8. The third-order valence-corrected chi connectivity index (χ3v) is 4.59. The Hall–Kier alpha value is 0.310. The lowest BCUT2D eigenvalue weighted by atomic mass is 10.0. The van der Waals surface area contributed by atoms with E-state index in [0.717, 1.165) is 38.6 Å². The molecule has 4 nitrogen and oxygen atoms in total. The summed E-state index contributed by atoms with van der Waals surface area (Å²) in [5, 5.41) is 6.71. The average molecular weight is 445 g/mol. The maximum Gasteiger partial charge on any atom is 0.191 e. The number of thioether (sulfide) groups is 1. The summed E-state index contributed by atoms with van der Waals surface area (Å²) in [5.41, 5.74) is 0. The van der Waals surface area contributed by atoms with Crippen molar-refractivity contribution in [3.05, 3.63) is 0 Å². The highest BCUT2D eigenvalue weighted by atomic mass is 127. The minimum atomic E-state index is 0. The van der Waals surface area contributed by atoms with Gasteiger partial charge in [0.25, 0.3) is 0 Å². The van der Waals surface area contributed by atoms with Crippen molar-refractivity contribution in [3.63, 3.8) is 0 Å². The lowest BCUT2D eigenvalue weighted by molar-refractivity contribution is 0.0258. The van der Waals surface area contributed by atoms with E-state index >= 15 is 0 Å². The van der Waals surface area contributed by atoms with Crippen LogP contribution >= 0.6 is 35.7 Å². The highest BCUT2D eigenvalue weighted by Crippen LogP contribution is 2.20. The minimum Gasteiger partial charge on any atom is -0.378 e. The van der Waals surface area contributed by atoms with Gasteiger partial charge in [-0.1, -0.05) is 13.8 Å². The standard InChI is InChI=1S/C16H35N3OS.HI/c1-8-17-15(19-12-16(5,6)21-7)18-11-10-14(13(3)4)20-9-2;/h13-14H,8-12H2,1-7H3,(H2,17,18,19);1H. The summed E-state index contributed by atoms with van der Waals surface area (Å²) in [4.78, 5) is 4.68. The van der Waals surface area contributed by atoms with Crippen LogP contribution in [0.3, 0.4) is 0 Å². The maximum atomic E-state index is 5.77. The van der Waals surface area contributed by atoms with Gasteiger partial charge in [0.1, 0.15) is 0 Å². The summed E-state index contributed by atoms with van der Waals surface area (Å²) in [6.07, 6.45) is 3.44. The number of nitrogens with zero attached hydrogens (tertiary/aromatic N) is 1. The van der Waals surface area contributed by atoms with Crippen molar-refractivity contribution in [3.8, 4) is 0 Å². The Balaban J connectivity index is 0. The summed E-state index contributed by atoms with van der Waals surface area (Å²) in [5.74, 6) is 1.44. The molecule has 134 valence electrons. The van der Waals surface area contributed by atoms with Gasteiger partial charge in [-0.05, 0) is 46.3 Å². The Morgan fingerprint density at radius 3 is 2.32 bits per heavy atom. The molecule has 2 N–H and O–H groups in total. The number of aliphatic imine (C=N–C) groups is 1. The fraction of sp³-hybridized carbons (Fsp3) is 0.938. The molecule has 0 saturated heterocycles. The maximum absolute atomic E-state index is 5.77. The molecule has 0 heterocycles. The van der Waals surface area contributed by atoms with Crippen LogP contribution in [-0.2, 0) is 4.74 Å². The van der Waals surface area contributed by atoms with E-state index in [4.69, 9.17) is 4.74 Å². The van der Waals surface area contributed by atoms with Gasteiger partial charge in [0, 0.05) is 24.4 Å². The molecule has 0 aromatic carbocycles. The Bertz CT molecular complexity index is 299. The second kappa shape index (κ2) is 13.7. The van der Waals surface area contributed by atoms with E-state index in [-0.39, 0.29) is 28.7 Å². The van der Waals surface area contributed by atoms with Gasteiger partial charge in [-0.25, -0.2) is 0 Å². The quantitative estimate of drug-likeness (QED) is 0.306. The number of guanidine groups is 1. The molecule has 0 aliphatic carbocycles. The minimum absolute atomic E-state index is 0. The molecule has 0 radical (unpaired) electrons. The fourth-order valence-corrected chi connectivity index (χ4v) is 2.03. The number of halogens is 1. The normalized spacial score (nSPS) is 13.7. The van der Waals surface area contributed by atoms with Gasteiger partial charge in [-0.15, -0.1) is 24.0 Å². The van der Waals surface area contributed by atoms with E-state index in [1.54, 1.807) is 0 Å². The van der Waals surface area contributed by atoms with Crippen molar-refractivity contribution in [2.45, 2.75) is 58.8 Å². The fourth-order valence-electron chi connectivity index (χ4n) is 1.83. The molecule has 0 saturated carbocycles. The van der Waals surface area contributed by atoms with E-state index in [1.807, 2.05) is 11.8 Å². The highest BCUT2D eigenvalue weighted by molar-refractivity contribution is 14.0. The first-order valence-corrected chi connectivity index (χ1v) is 9.27. The smallest absolute Gasteiger partial charge is 0.191 e.